The lowest BCUT2D eigenvalue weighted by Crippen LogP contribution is -2.48. The number of hydrogen-bond donors (Lipinski definition) is 3. The normalized spacial score (nSPS) is 11.7. The van der Waals surface area contributed by atoms with Gasteiger partial charge in [-0.2, -0.15) is 0 Å². The van der Waals surface area contributed by atoms with Crippen LogP contribution in [0.25, 0.3) is 0 Å². The summed E-state index contributed by atoms with van der Waals surface area (Å²) in [6.45, 7) is 2.22. The Labute approximate surface area is 115 Å². The van der Waals surface area contributed by atoms with Crippen LogP contribution in [0.15, 0.2) is 22.8 Å². The molecule has 8 nitrogen and oxygen atoms in total. The van der Waals surface area contributed by atoms with Crippen LogP contribution < -0.4 is 5.32 Å². The highest BCUT2D eigenvalue weighted by Gasteiger charge is 2.25. The van der Waals surface area contributed by atoms with Gasteiger partial charge < -0.3 is 24.8 Å². The lowest BCUT2D eigenvalue weighted by molar-refractivity contribution is -0.145. The van der Waals surface area contributed by atoms with E-state index in [4.69, 9.17) is 14.6 Å². The number of amides is 2. The summed E-state index contributed by atoms with van der Waals surface area (Å²) in [5, 5.41) is 19.6. The quantitative estimate of drug-likeness (QED) is 0.679. The molecule has 0 unspecified atom stereocenters. The van der Waals surface area contributed by atoms with E-state index in [0.29, 0.717) is 12.3 Å². The Morgan fingerprint density at radius 3 is 2.55 bits per heavy atom. The second kappa shape index (κ2) is 7.17. The molecule has 0 saturated carbocycles. The van der Waals surface area contributed by atoms with Crippen molar-refractivity contribution in [3.8, 4) is 0 Å². The number of aliphatic carboxylic acids is 2. The van der Waals surface area contributed by atoms with E-state index in [0.717, 1.165) is 0 Å². The first-order valence-corrected chi connectivity index (χ1v) is 5.96. The maximum atomic E-state index is 11.9. The van der Waals surface area contributed by atoms with Crippen molar-refractivity contribution < 1.29 is 29.0 Å². The molecule has 20 heavy (non-hydrogen) atoms. The number of rotatable bonds is 7. The maximum Gasteiger partial charge on any atom is 0.326 e. The van der Waals surface area contributed by atoms with Crippen molar-refractivity contribution >= 4 is 18.0 Å². The zero-order valence-corrected chi connectivity index (χ0v) is 10.9. The third kappa shape index (κ3) is 4.63. The Kier molecular flexibility index (Phi) is 5.57. The molecule has 0 fully saturated rings. The van der Waals surface area contributed by atoms with Gasteiger partial charge in [-0.25, -0.2) is 9.59 Å². The number of nitrogens with zero attached hydrogens (tertiary/aromatic N) is 1. The number of carboxylic acid groups (broad SMARTS) is 2. The summed E-state index contributed by atoms with van der Waals surface area (Å²) < 4.78 is 5.10. The number of carbonyl (C=O) groups is 3. The molecule has 0 aliphatic heterocycles. The molecule has 0 radical (unpaired) electrons. The summed E-state index contributed by atoms with van der Waals surface area (Å²) in [5.74, 6) is -2.14. The first kappa shape index (κ1) is 15.5. The summed E-state index contributed by atoms with van der Waals surface area (Å²) in [5.41, 5.74) is 0. The smallest absolute Gasteiger partial charge is 0.326 e. The largest absolute Gasteiger partial charge is 0.481 e. The number of nitrogens with one attached hydrogen (secondary N) is 1. The molecular formula is C12H16N2O6. The summed E-state index contributed by atoms with van der Waals surface area (Å²) in [6, 6.07) is 1.23. The van der Waals surface area contributed by atoms with Gasteiger partial charge in [-0.15, -0.1) is 0 Å². The zero-order valence-electron chi connectivity index (χ0n) is 10.9. The molecule has 0 aromatic carbocycles. The first-order chi connectivity index (χ1) is 9.43. The molecule has 1 atom stereocenters. The van der Waals surface area contributed by atoms with Gasteiger partial charge in [0.1, 0.15) is 11.8 Å². The molecule has 110 valence electrons. The second-order valence-electron chi connectivity index (χ2n) is 4.03. The topological polar surface area (TPSA) is 120 Å². The molecule has 0 spiro atoms. The van der Waals surface area contributed by atoms with Crippen molar-refractivity contribution in [1.29, 1.82) is 0 Å². The fourth-order valence-electron chi connectivity index (χ4n) is 1.53. The lowest BCUT2D eigenvalue weighted by atomic mass is 10.2. The van der Waals surface area contributed by atoms with Crippen LogP contribution in [0.1, 0.15) is 19.1 Å². The van der Waals surface area contributed by atoms with E-state index in [1.165, 1.54) is 11.2 Å². The van der Waals surface area contributed by atoms with Gasteiger partial charge >= 0.3 is 18.0 Å². The summed E-state index contributed by atoms with van der Waals surface area (Å²) >= 11 is 0. The minimum Gasteiger partial charge on any atom is -0.481 e. The highest BCUT2D eigenvalue weighted by Crippen LogP contribution is 2.06. The Morgan fingerprint density at radius 1 is 1.40 bits per heavy atom. The summed E-state index contributed by atoms with van der Waals surface area (Å²) in [4.78, 5) is 34.7. The third-order valence-electron chi connectivity index (χ3n) is 2.57. The Bertz CT molecular complexity index is 470. The molecule has 0 saturated heterocycles. The van der Waals surface area contributed by atoms with Gasteiger partial charge in [0.25, 0.3) is 0 Å². The molecule has 3 N–H and O–H groups in total. The van der Waals surface area contributed by atoms with E-state index in [1.54, 1.807) is 19.1 Å². The van der Waals surface area contributed by atoms with Crippen LogP contribution in [0.2, 0.25) is 0 Å². The minimum atomic E-state index is -1.47. The van der Waals surface area contributed by atoms with Crippen molar-refractivity contribution in [1.82, 2.24) is 10.2 Å². The maximum absolute atomic E-state index is 11.9. The average molecular weight is 284 g/mol. The molecule has 0 aliphatic carbocycles. The minimum absolute atomic E-state index is 0.175. The number of carboxylic acids is 2. The molecule has 1 heterocycles. The molecule has 0 bridgehead atoms. The predicted octanol–water partition coefficient (Wildman–Crippen LogP) is 0.739. The van der Waals surface area contributed by atoms with Crippen molar-refractivity contribution in [3.05, 3.63) is 24.2 Å². The van der Waals surface area contributed by atoms with Crippen molar-refractivity contribution in [2.75, 3.05) is 6.54 Å². The zero-order chi connectivity index (χ0) is 15.1. The Balaban J connectivity index is 2.65. The molecule has 0 aliphatic rings. The van der Waals surface area contributed by atoms with Crippen LogP contribution in [-0.4, -0.2) is 45.7 Å². The Hall–Kier alpha value is -2.51. The molecule has 1 rings (SSSR count). The van der Waals surface area contributed by atoms with Crippen molar-refractivity contribution in [2.45, 2.75) is 25.9 Å². The summed E-state index contributed by atoms with van der Waals surface area (Å²) in [6.07, 6.45) is 0.783. The number of urea groups is 1. The Morgan fingerprint density at radius 2 is 2.10 bits per heavy atom. The van der Waals surface area contributed by atoms with Crippen LogP contribution in [0.3, 0.4) is 0 Å². The van der Waals surface area contributed by atoms with Gasteiger partial charge in [0.2, 0.25) is 0 Å². The van der Waals surface area contributed by atoms with Crippen LogP contribution >= 0.6 is 0 Å². The SMILES string of the molecule is CCN(Cc1ccco1)C(=O)N[C@H](CC(=O)O)C(=O)O. The average Bonchev–Trinajstić information content (AvgIpc) is 2.87. The fourth-order valence-corrected chi connectivity index (χ4v) is 1.53. The van der Waals surface area contributed by atoms with Gasteiger partial charge in [-0.1, -0.05) is 0 Å². The van der Waals surface area contributed by atoms with Crippen LogP contribution in [-0.2, 0) is 16.1 Å². The van der Waals surface area contributed by atoms with Crippen molar-refractivity contribution in [2.24, 2.45) is 0 Å². The standard InChI is InChI=1S/C12H16N2O6/c1-2-14(7-8-4-3-5-20-8)12(19)13-9(11(17)18)6-10(15)16/h3-5,9H,2,6-7H2,1H3,(H,13,19)(H,15,16)(H,17,18)/t9-/m1/s1. The lowest BCUT2D eigenvalue weighted by Gasteiger charge is -2.22. The van der Waals surface area contributed by atoms with E-state index in [1.807, 2.05) is 0 Å². The van der Waals surface area contributed by atoms with Gasteiger partial charge in [0.15, 0.2) is 0 Å². The van der Waals surface area contributed by atoms with Gasteiger partial charge in [-0.3, -0.25) is 4.79 Å². The van der Waals surface area contributed by atoms with E-state index in [9.17, 15) is 14.4 Å². The highest BCUT2D eigenvalue weighted by atomic mass is 16.4. The first-order valence-electron chi connectivity index (χ1n) is 5.96. The monoisotopic (exact) mass is 284 g/mol. The number of carbonyl (C=O) groups excluding carboxylic acids is 1. The van der Waals surface area contributed by atoms with Gasteiger partial charge in [0, 0.05) is 6.54 Å². The van der Waals surface area contributed by atoms with Crippen LogP contribution in [0, 0.1) is 0 Å². The van der Waals surface area contributed by atoms with E-state index < -0.39 is 30.4 Å². The molecule has 1 aromatic heterocycles. The fraction of sp³-hybridized carbons (Fsp3) is 0.417. The third-order valence-corrected chi connectivity index (χ3v) is 2.57. The van der Waals surface area contributed by atoms with Crippen LogP contribution in [0.5, 0.6) is 0 Å². The van der Waals surface area contributed by atoms with Gasteiger partial charge in [0.05, 0.1) is 19.2 Å². The predicted molar refractivity (Wildman–Crippen MR) is 67.0 cm³/mol. The number of furan rings is 1. The summed E-state index contributed by atoms with van der Waals surface area (Å²) in [7, 11) is 0. The molecule has 1 aromatic rings. The molecule has 8 heteroatoms. The molecule has 2 amide bonds. The van der Waals surface area contributed by atoms with E-state index >= 15 is 0 Å². The number of hydrogen-bond acceptors (Lipinski definition) is 4. The van der Waals surface area contributed by atoms with Crippen molar-refractivity contribution in [3.63, 3.8) is 0 Å². The van der Waals surface area contributed by atoms with Crippen LogP contribution in [0.4, 0.5) is 4.79 Å². The van der Waals surface area contributed by atoms with E-state index in [2.05, 4.69) is 5.32 Å². The highest BCUT2D eigenvalue weighted by molar-refractivity contribution is 5.86. The van der Waals surface area contributed by atoms with E-state index in [-0.39, 0.29) is 6.54 Å². The second-order valence-corrected chi connectivity index (χ2v) is 4.03. The van der Waals surface area contributed by atoms with Gasteiger partial charge in [-0.05, 0) is 19.1 Å². The molecular weight excluding hydrogens is 268 g/mol.